The topological polar surface area (TPSA) is 110 Å². The maximum Gasteiger partial charge on any atom is 0.181 e. The zero-order valence-electron chi connectivity index (χ0n) is 24.9. The van der Waals surface area contributed by atoms with Crippen LogP contribution in [0.15, 0.2) is 70.7 Å². The third-order valence-corrected chi connectivity index (χ3v) is 6.60. The Hall–Kier alpha value is -5.00. The summed E-state index contributed by atoms with van der Waals surface area (Å²) in [5, 5.41) is 10.4. The summed E-state index contributed by atoms with van der Waals surface area (Å²) in [7, 11) is 0. The number of allylic oxidation sites excluding steroid dienone is 1. The summed E-state index contributed by atoms with van der Waals surface area (Å²) in [4.78, 5) is 20.1. The lowest BCUT2D eigenvalue weighted by atomic mass is 10.2. The molecule has 10 nitrogen and oxygen atoms in total. The standard InChI is InChI=1S/C29H31F2N9O.C2H6/c1-4-6-20-14-26(38-37-20)36-25(32-3)16-27(40-11-9-39(10-12-40)21-7-5-8-33-17-21)34-18-41-24-15-23(30)29-22(28(24)31)13-19(2)35-29;1-2/h4-8,13-17,35H,3,9-12,18H2,1-2H3,(H2,36,37,38);1-2H3/b6-4+,25-16+,34-27+;. The number of aryl methyl sites for hydroxylation is 1. The van der Waals surface area contributed by atoms with Crippen molar-refractivity contribution in [1.29, 1.82) is 0 Å². The monoisotopic (exact) mass is 589 g/mol. The number of nitrogens with zero attached hydrogens (tertiary/aromatic N) is 6. The van der Waals surface area contributed by atoms with E-state index in [1.165, 1.54) is 0 Å². The Morgan fingerprint density at radius 3 is 2.67 bits per heavy atom. The van der Waals surface area contributed by atoms with E-state index in [2.05, 4.69) is 52.0 Å². The van der Waals surface area contributed by atoms with E-state index in [4.69, 9.17) is 4.74 Å². The predicted molar refractivity (Wildman–Crippen MR) is 170 cm³/mol. The SMILES string of the molecule is C=N/C(=C\C(=N/COc1cc(F)c2[nH]c(C)cc2c1F)N1CCN(c2cccnc2)CC1)Nc1cc(/C=C/C)[nH]n1.CC. The molecule has 4 aromatic rings. The molecule has 43 heavy (non-hydrogen) atoms. The molecule has 0 aliphatic carbocycles. The van der Waals surface area contributed by atoms with Gasteiger partial charge in [-0.3, -0.25) is 10.1 Å². The average molecular weight is 590 g/mol. The second-order valence-electron chi connectivity index (χ2n) is 9.41. The number of ether oxygens (including phenoxy) is 1. The molecule has 0 amide bonds. The fourth-order valence-corrected chi connectivity index (χ4v) is 4.62. The average Bonchev–Trinajstić information content (AvgIpc) is 3.66. The number of nitrogens with one attached hydrogen (secondary N) is 3. The van der Waals surface area contributed by atoms with Crippen molar-refractivity contribution in [2.75, 3.05) is 43.1 Å². The number of halogens is 2. The lowest BCUT2D eigenvalue weighted by Gasteiger charge is -2.37. The largest absolute Gasteiger partial charge is 0.468 e. The first-order valence-corrected chi connectivity index (χ1v) is 14.1. The predicted octanol–water partition coefficient (Wildman–Crippen LogP) is 6.14. The van der Waals surface area contributed by atoms with Gasteiger partial charge in [-0.25, -0.2) is 18.8 Å². The number of hydrogen-bond donors (Lipinski definition) is 3. The number of pyridine rings is 1. The van der Waals surface area contributed by atoms with Crippen molar-refractivity contribution < 1.29 is 13.5 Å². The normalized spacial score (nSPS) is 14.2. The number of aromatic amines is 2. The van der Waals surface area contributed by atoms with Gasteiger partial charge in [0.05, 0.1) is 23.1 Å². The molecule has 0 radical (unpaired) electrons. The molecule has 0 spiro atoms. The van der Waals surface area contributed by atoms with Crippen molar-refractivity contribution in [2.24, 2.45) is 9.98 Å². The van der Waals surface area contributed by atoms with Crippen LogP contribution in [0, 0.1) is 18.6 Å². The Morgan fingerprint density at radius 2 is 1.98 bits per heavy atom. The Balaban J connectivity index is 0.00000207. The number of aliphatic imine (C=N–C) groups is 2. The summed E-state index contributed by atoms with van der Waals surface area (Å²) in [5.41, 5.74) is 2.63. The van der Waals surface area contributed by atoms with Crippen molar-refractivity contribution in [2.45, 2.75) is 27.7 Å². The smallest absolute Gasteiger partial charge is 0.181 e. The van der Waals surface area contributed by atoms with E-state index < -0.39 is 11.6 Å². The Morgan fingerprint density at radius 1 is 1.19 bits per heavy atom. The van der Waals surface area contributed by atoms with Crippen molar-refractivity contribution >= 4 is 41.0 Å². The maximum atomic E-state index is 15.1. The minimum atomic E-state index is -0.645. The van der Waals surface area contributed by atoms with Crippen LogP contribution in [0.4, 0.5) is 20.3 Å². The van der Waals surface area contributed by atoms with Crippen LogP contribution in [-0.2, 0) is 0 Å². The van der Waals surface area contributed by atoms with Crippen molar-refractivity contribution in [3.63, 3.8) is 0 Å². The number of fused-ring (bicyclic) bond motifs is 1. The van der Waals surface area contributed by atoms with Gasteiger partial charge in [-0.2, -0.15) is 5.10 Å². The molecule has 0 atom stereocenters. The molecule has 0 bridgehead atoms. The second kappa shape index (κ2) is 14.8. The molecule has 1 aliphatic rings. The van der Waals surface area contributed by atoms with Crippen LogP contribution in [0.3, 0.4) is 0 Å². The molecule has 5 rings (SSSR count). The molecule has 1 fully saturated rings. The fourth-order valence-electron chi connectivity index (χ4n) is 4.62. The number of hydrogen-bond acceptors (Lipinski definition) is 7. The number of rotatable bonds is 9. The number of benzene rings is 1. The molecule has 12 heteroatoms. The second-order valence-corrected chi connectivity index (χ2v) is 9.41. The molecule has 1 saturated heterocycles. The highest BCUT2D eigenvalue weighted by Gasteiger charge is 2.21. The fraction of sp³-hybridized carbons (Fsp3) is 0.290. The number of H-pyrrole nitrogens is 2. The summed E-state index contributed by atoms with van der Waals surface area (Å²) >= 11 is 0. The summed E-state index contributed by atoms with van der Waals surface area (Å²) in [5.74, 6) is 0.0670. The van der Waals surface area contributed by atoms with Crippen LogP contribution in [0.2, 0.25) is 0 Å². The number of anilines is 2. The van der Waals surface area contributed by atoms with E-state index in [1.54, 1.807) is 25.3 Å². The van der Waals surface area contributed by atoms with E-state index in [9.17, 15) is 4.39 Å². The van der Waals surface area contributed by atoms with Gasteiger partial charge in [0.1, 0.15) is 11.7 Å². The van der Waals surface area contributed by atoms with Gasteiger partial charge in [-0.1, -0.05) is 19.9 Å². The zero-order valence-corrected chi connectivity index (χ0v) is 24.9. The van der Waals surface area contributed by atoms with Gasteiger partial charge in [0.25, 0.3) is 0 Å². The van der Waals surface area contributed by atoms with Gasteiger partial charge in [0.2, 0.25) is 0 Å². The van der Waals surface area contributed by atoms with Crippen LogP contribution < -0.4 is 15.0 Å². The summed E-state index contributed by atoms with van der Waals surface area (Å²) in [6.45, 7) is 13.9. The molecule has 3 N–H and O–H groups in total. The number of piperazine rings is 1. The molecule has 226 valence electrons. The van der Waals surface area contributed by atoms with Gasteiger partial charge in [0.15, 0.2) is 29.9 Å². The van der Waals surface area contributed by atoms with Crippen LogP contribution in [0.25, 0.3) is 17.0 Å². The first-order valence-electron chi connectivity index (χ1n) is 14.1. The third-order valence-electron chi connectivity index (χ3n) is 6.60. The van der Waals surface area contributed by atoms with Crippen molar-refractivity contribution in [3.8, 4) is 5.75 Å². The number of amidine groups is 1. The first-order chi connectivity index (χ1) is 20.9. The summed E-state index contributed by atoms with van der Waals surface area (Å²) in [6, 6.07) is 8.35. The molecular formula is C31H37F2N9O. The van der Waals surface area contributed by atoms with E-state index in [0.717, 1.165) is 30.5 Å². The van der Waals surface area contributed by atoms with Gasteiger partial charge in [-0.15, -0.1) is 0 Å². The zero-order chi connectivity index (χ0) is 30.8. The molecule has 0 saturated carbocycles. The van der Waals surface area contributed by atoms with Crippen LogP contribution in [0.5, 0.6) is 5.75 Å². The van der Waals surface area contributed by atoms with Crippen LogP contribution >= 0.6 is 0 Å². The Bertz CT molecular complexity index is 1600. The van der Waals surface area contributed by atoms with Crippen LogP contribution in [-0.4, -0.2) is 70.5 Å². The van der Waals surface area contributed by atoms with E-state index in [0.29, 0.717) is 36.3 Å². The lowest BCUT2D eigenvalue weighted by Crippen LogP contribution is -2.48. The van der Waals surface area contributed by atoms with E-state index in [-0.39, 0.29) is 23.4 Å². The van der Waals surface area contributed by atoms with Crippen molar-refractivity contribution in [3.05, 3.63) is 83.7 Å². The Labute approximate surface area is 249 Å². The molecule has 4 heterocycles. The molecule has 3 aromatic heterocycles. The molecular weight excluding hydrogens is 552 g/mol. The summed E-state index contributed by atoms with van der Waals surface area (Å²) < 4.78 is 35.3. The van der Waals surface area contributed by atoms with Gasteiger partial charge in [0, 0.05) is 61.7 Å². The van der Waals surface area contributed by atoms with E-state index >= 15 is 4.39 Å². The van der Waals surface area contributed by atoms with Crippen molar-refractivity contribution in [1.82, 2.24) is 25.1 Å². The van der Waals surface area contributed by atoms with Gasteiger partial charge < -0.3 is 24.8 Å². The van der Waals surface area contributed by atoms with Gasteiger partial charge in [-0.05, 0) is 44.8 Å². The Kier molecular flexibility index (Phi) is 10.6. The molecule has 1 aromatic carbocycles. The van der Waals surface area contributed by atoms with Gasteiger partial charge >= 0.3 is 0 Å². The highest BCUT2D eigenvalue weighted by molar-refractivity contribution is 5.94. The quantitative estimate of drug-likeness (QED) is 0.160. The molecule has 0 unspecified atom stereocenters. The minimum Gasteiger partial charge on any atom is -0.468 e. The lowest BCUT2D eigenvalue weighted by molar-refractivity contribution is 0.308. The third kappa shape index (κ3) is 7.64. The summed E-state index contributed by atoms with van der Waals surface area (Å²) in [6.07, 6.45) is 9.11. The minimum absolute atomic E-state index is 0.106. The highest BCUT2D eigenvalue weighted by atomic mass is 19.1. The maximum absolute atomic E-state index is 15.1. The van der Waals surface area contributed by atoms with Crippen LogP contribution in [0.1, 0.15) is 32.2 Å². The highest BCUT2D eigenvalue weighted by Crippen LogP contribution is 2.29. The van der Waals surface area contributed by atoms with E-state index in [1.807, 2.05) is 57.3 Å². The first kappa shape index (κ1) is 30.9. The molecule has 1 aliphatic heterocycles. The number of aromatic nitrogens is 4.